The van der Waals surface area contributed by atoms with Crippen molar-refractivity contribution >= 4 is 22.1 Å². The van der Waals surface area contributed by atoms with Gasteiger partial charge in [0, 0.05) is 6.08 Å². The molecule has 0 saturated heterocycles. The Morgan fingerprint density at radius 2 is 1.71 bits per heavy atom. The number of carboxylic acid groups (broad SMARTS) is 2. The van der Waals surface area contributed by atoms with Crippen LogP contribution in [0.1, 0.15) is 6.92 Å². The maximum Gasteiger partial charge on any atom is 0.333 e. The van der Waals surface area contributed by atoms with Gasteiger partial charge in [-0.1, -0.05) is 0 Å². The van der Waals surface area contributed by atoms with E-state index >= 15 is 0 Å². The lowest BCUT2D eigenvalue weighted by Gasteiger charge is -2.07. The van der Waals surface area contributed by atoms with Crippen LogP contribution in [0.15, 0.2) is 11.6 Å². The van der Waals surface area contributed by atoms with Gasteiger partial charge in [0.1, 0.15) is 5.25 Å². The maximum atomic E-state index is 10.5. The summed E-state index contributed by atoms with van der Waals surface area (Å²) >= 11 is 0. The molecule has 0 fully saturated rings. The van der Waals surface area contributed by atoms with Crippen LogP contribution in [0.3, 0.4) is 0 Å². The summed E-state index contributed by atoms with van der Waals surface area (Å²) in [5, 5.41) is 14.9. The molecule has 0 bridgehead atoms. The summed E-state index contributed by atoms with van der Waals surface area (Å²) in [6.07, 6.45) is 0.223. The Kier molecular flexibility index (Phi) is 3.78. The van der Waals surface area contributed by atoms with E-state index in [2.05, 4.69) is 0 Å². The van der Waals surface area contributed by atoms with Crippen molar-refractivity contribution in [3.05, 3.63) is 11.6 Å². The number of rotatable bonds is 4. The lowest BCUT2D eigenvalue weighted by atomic mass is 10.2. The quantitative estimate of drug-likeness (QED) is 0.427. The summed E-state index contributed by atoms with van der Waals surface area (Å²) in [6.45, 7) is 0.873. The first-order valence-electron chi connectivity index (χ1n) is 3.30. The van der Waals surface area contributed by atoms with Crippen LogP contribution in [0.2, 0.25) is 0 Å². The maximum absolute atomic E-state index is 10.5. The van der Waals surface area contributed by atoms with Gasteiger partial charge in [-0.3, -0.25) is 4.55 Å². The van der Waals surface area contributed by atoms with E-state index in [0.29, 0.717) is 0 Å². The Morgan fingerprint density at radius 1 is 1.29 bits per heavy atom. The van der Waals surface area contributed by atoms with E-state index in [4.69, 9.17) is 14.8 Å². The van der Waals surface area contributed by atoms with Crippen molar-refractivity contribution in [2.75, 3.05) is 0 Å². The third-order valence-electron chi connectivity index (χ3n) is 1.41. The van der Waals surface area contributed by atoms with Gasteiger partial charge in [0.05, 0.1) is 5.57 Å². The third-order valence-corrected chi connectivity index (χ3v) is 2.56. The standard InChI is InChI=1S/C6H8O7S/c1-3(14(11,12)13)4(6(9)10)2-5(7)8/h2-3H,1H3,(H,7,8)(H,9,10)(H,11,12,13). The van der Waals surface area contributed by atoms with Crippen molar-refractivity contribution in [1.29, 1.82) is 0 Å². The van der Waals surface area contributed by atoms with Crippen LogP contribution < -0.4 is 0 Å². The van der Waals surface area contributed by atoms with Crippen LogP contribution in [-0.2, 0) is 19.7 Å². The molecule has 0 aliphatic rings. The highest BCUT2D eigenvalue weighted by Crippen LogP contribution is 2.10. The Balaban J connectivity index is 5.26. The average Bonchev–Trinajstić information content (AvgIpc) is 1.96. The summed E-state index contributed by atoms with van der Waals surface area (Å²) in [6, 6.07) is 0. The van der Waals surface area contributed by atoms with E-state index in [-0.39, 0.29) is 6.08 Å². The molecule has 0 aromatic carbocycles. The number of carbonyl (C=O) groups is 2. The second-order valence-corrected chi connectivity index (χ2v) is 4.14. The number of hydrogen-bond donors (Lipinski definition) is 3. The fourth-order valence-corrected chi connectivity index (χ4v) is 1.14. The van der Waals surface area contributed by atoms with E-state index in [1.54, 1.807) is 0 Å². The molecule has 0 heterocycles. The Hall–Kier alpha value is -1.41. The van der Waals surface area contributed by atoms with Gasteiger partial charge in [-0.15, -0.1) is 0 Å². The molecule has 8 heteroatoms. The monoisotopic (exact) mass is 224 g/mol. The number of carboxylic acids is 2. The molecule has 0 aliphatic heterocycles. The molecule has 0 saturated carbocycles. The molecule has 0 radical (unpaired) electrons. The minimum absolute atomic E-state index is 0.223. The highest BCUT2D eigenvalue weighted by atomic mass is 32.2. The SMILES string of the molecule is CC(C(=CC(=O)O)C(=O)O)S(=O)(=O)O. The van der Waals surface area contributed by atoms with Gasteiger partial charge in [0.15, 0.2) is 0 Å². The first-order valence-corrected chi connectivity index (χ1v) is 4.80. The fraction of sp³-hybridized carbons (Fsp3) is 0.333. The highest BCUT2D eigenvalue weighted by Gasteiger charge is 2.27. The zero-order chi connectivity index (χ0) is 11.5. The van der Waals surface area contributed by atoms with Gasteiger partial charge < -0.3 is 10.2 Å². The topological polar surface area (TPSA) is 129 Å². The molecule has 7 nitrogen and oxygen atoms in total. The Bertz CT molecular complexity index is 377. The summed E-state index contributed by atoms with van der Waals surface area (Å²) in [5.41, 5.74) is -0.903. The lowest BCUT2D eigenvalue weighted by molar-refractivity contribution is -0.135. The lowest BCUT2D eigenvalue weighted by Crippen LogP contribution is -2.24. The predicted molar refractivity (Wildman–Crippen MR) is 44.4 cm³/mol. The average molecular weight is 224 g/mol. The molecular formula is C6H8O7S. The molecule has 0 aromatic heterocycles. The smallest absolute Gasteiger partial charge is 0.333 e. The van der Waals surface area contributed by atoms with Crippen molar-refractivity contribution in [3.8, 4) is 0 Å². The Morgan fingerprint density at radius 3 is 1.93 bits per heavy atom. The molecule has 0 aromatic rings. The third kappa shape index (κ3) is 3.54. The second-order valence-electron chi connectivity index (χ2n) is 2.40. The molecule has 0 spiro atoms. The normalized spacial score (nSPS) is 14.9. The predicted octanol–water partition coefficient (Wildman–Crippen LogP) is -0.642. The van der Waals surface area contributed by atoms with E-state index in [1.165, 1.54) is 0 Å². The van der Waals surface area contributed by atoms with E-state index in [1.807, 2.05) is 0 Å². The van der Waals surface area contributed by atoms with Crippen molar-refractivity contribution in [2.45, 2.75) is 12.2 Å². The van der Waals surface area contributed by atoms with Gasteiger partial charge in [-0.25, -0.2) is 9.59 Å². The number of aliphatic carboxylic acids is 2. The van der Waals surface area contributed by atoms with E-state index < -0.39 is 32.9 Å². The minimum atomic E-state index is -4.61. The molecule has 0 aliphatic carbocycles. The van der Waals surface area contributed by atoms with Crippen LogP contribution in [0.25, 0.3) is 0 Å². The van der Waals surface area contributed by atoms with Crippen molar-refractivity contribution < 1.29 is 32.8 Å². The van der Waals surface area contributed by atoms with E-state index in [0.717, 1.165) is 6.92 Å². The second kappa shape index (κ2) is 4.20. The molecule has 1 atom stereocenters. The zero-order valence-corrected chi connectivity index (χ0v) is 7.85. The fourth-order valence-electron chi connectivity index (χ4n) is 0.646. The molecule has 80 valence electrons. The van der Waals surface area contributed by atoms with E-state index in [9.17, 15) is 18.0 Å². The molecule has 3 N–H and O–H groups in total. The first kappa shape index (κ1) is 12.6. The minimum Gasteiger partial charge on any atom is -0.478 e. The molecule has 0 rings (SSSR count). The summed E-state index contributed by atoms with van der Waals surface area (Å²) in [4.78, 5) is 20.5. The van der Waals surface area contributed by atoms with Crippen LogP contribution in [0.5, 0.6) is 0 Å². The van der Waals surface area contributed by atoms with Crippen LogP contribution in [-0.4, -0.2) is 40.4 Å². The largest absolute Gasteiger partial charge is 0.478 e. The summed E-state index contributed by atoms with van der Waals surface area (Å²) in [7, 11) is -4.61. The van der Waals surface area contributed by atoms with Crippen LogP contribution in [0, 0.1) is 0 Å². The van der Waals surface area contributed by atoms with Crippen LogP contribution >= 0.6 is 0 Å². The zero-order valence-electron chi connectivity index (χ0n) is 7.04. The van der Waals surface area contributed by atoms with Gasteiger partial charge in [-0.05, 0) is 6.92 Å². The molecule has 0 amide bonds. The van der Waals surface area contributed by atoms with Crippen molar-refractivity contribution in [3.63, 3.8) is 0 Å². The van der Waals surface area contributed by atoms with Gasteiger partial charge in [0.25, 0.3) is 10.1 Å². The van der Waals surface area contributed by atoms with Gasteiger partial charge in [-0.2, -0.15) is 8.42 Å². The number of hydrogen-bond acceptors (Lipinski definition) is 4. The first-order chi connectivity index (χ1) is 6.16. The highest BCUT2D eigenvalue weighted by molar-refractivity contribution is 7.86. The Labute approximate surface area is 79.4 Å². The summed E-state index contributed by atoms with van der Waals surface area (Å²) < 4.78 is 29.5. The van der Waals surface area contributed by atoms with Gasteiger partial charge in [0.2, 0.25) is 0 Å². The van der Waals surface area contributed by atoms with Crippen molar-refractivity contribution in [1.82, 2.24) is 0 Å². The summed E-state index contributed by atoms with van der Waals surface area (Å²) in [5.74, 6) is -3.31. The molecule has 1 unspecified atom stereocenters. The molecular weight excluding hydrogens is 216 g/mol. The van der Waals surface area contributed by atoms with Gasteiger partial charge >= 0.3 is 11.9 Å². The van der Waals surface area contributed by atoms with Crippen molar-refractivity contribution in [2.24, 2.45) is 0 Å². The molecule has 14 heavy (non-hydrogen) atoms. The van der Waals surface area contributed by atoms with Crippen LogP contribution in [0.4, 0.5) is 0 Å².